The number of aryl methyl sites for hydroxylation is 1. The van der Waals surface area contributed by atoms with Gasteiger partial charge >= 0.3 is 0 Å². The summed E-state index contributed by atoms with van der Waals surface area (Å²) in [5.41, 5.74) is 3.98. The van der Waals surface area contributed by atoms with E-state index in [1.807, 2.05) is 60.5 Å². The molecule has 0 radical (unpaired) electrons. The highest BCUT2D eigenvalue weighted by Gasteiger charge is 2.50. The van der Waals surface area contributed by atoms with E-state index in [0.717, 1.165) is 59.5 Å². The number of amides is 2. The molecule has 1 saturated carbocycles. The number of hydrogen-bond acceptors (Lipinski definition) is 5. The Labute approximate surface area is 213 Å². The molecule has 1 aromatic carbocycles. The zero-order valence-electron chi connectivity index (χ0n) is 20.1. The third-order valence-corrected chi connectivity index (χ3v) is 8.61. The van der Waals surface area contributed by atoms with Gasteiger partial charge in [-0.2, -0.15) is 0 Å². The van der Waals surface area contributed by atoms with Gasteiger partial charge in [0, 0.05) is 41.5 Å². The first-order valence-electron chi connectivity index (χ1n) is 12.2. The smallest absolute Gasteiger partial charge is 0.268 e. The minimum Gasteiger partial charge on any atom is -0.339 e. The second-order valence-corrected chi connectivity index (χ2v) is 11.0. The number of hydrogen-bond donors (Lipinski definition) is 1. The molecule has 0 atom stereocenters. The van der Waals surface area contributed by atoms with Crippen LogP contribution in [0, 0.1) is 12.3 Å². The van der Waals surface area contributed by atoms with E-state index in [2.05, 4.69) is 27.5 Å². The van der Waals surface area contributed by atoms with Crippen LogP contribution in [0.3, 0.4) is 0 Å². The van der Waals surface area contributed by atoms with E-state index in [4.69, 9.17) is 4.98 Å². The molecule has 2 amide bonds. The highest BCUT2D eigenvalue weighted by molar-refractivity contribution is 7.17. The van der Waals surface area contributed by atoms with Gasteiger partial charge in [0.1, 0.15) is 0 Å². The normalized spacial score (nSPS) is 21.0. The van der Waals surface area contributed by atoms with Crippen molar-refractivity contribution in [3.63, 3.8) is 0 Å². The van der Waals surface area contributed by atoms with Crippen molar-refractivity contribution in [1.82, 2.24) is 19.4 Å². The molecular formula is C28H27N5O2S. The number of fused-ring (bicyclic) bond motifs is 1. The zero-order valence-corrected chi connectivity index (χ0v) is 20.9. The number of carbonyl (C=O) groups is 2. The lowest BCUT2D eigenvalue weighted by Gasteiger charge is -2.46. The number of likely N-dealkylation sites (tertiary alicyclic amines) is 1. The van der Waals surface area contributed by atoms with Crippen LogP contribution in [-0.2, 0) is 4.79 Å². The minimum atomic E-state index is -0.166. The summed E-state index contributed by atoms with van der Waals surface area (Å²) < 4.78 is 2.18. The summed E-state index contributed by atoms with van der Waals surface area (Å²) in [7, 11) is 0. The summed E-state index contributed by atoms with van der Waals surface area (Å²) in [6, 6.07) is 16.0. The van der Waals surface area contributed by atoms with Crippen LogP contribution in [0.15, 0.2) is 67.4 Å². The fourth-order valence-electron chi connectivity index (χ4n) is 5.60. The van der Waals surface area contributed by atoms with E-state index in [0.29, 0.717) is 10.8 Å². The van der Waals surface area contributed by atoms with Gasteiger partial charge in [-0.1, -0.05) is 24.8 Å². The molecule has 0 bridgehead atoms. The molecule has 1 N–H and O–H groups in total. The molecule has 182 valence electrons. The fourth-order valence-corrected chi connectivity index (χ4v) is 6.49. The van der Waals surface area contributed by atoms with Crippen LogP contribution >= 0.6 is 11.3 Å². The van der Waals surface area contributed by atoms with Crippen molar-refractivity contribution < 1.29 is 9.59 Å². The van der Waals surface area contributed by atoms with E-state index in [1.165, 1.54) is 17.4 Å². The molecule has 1 saturated heterocycles. The molecule has 0 unspecified atom stereocenters. The molecule has 1 aliphatic carbocycles. The summed E-state index contributed by atoms with van der Waals surface area (Å²) in [5.74, 6) is 0.415. The number of rotatable bonds is 5. The van der Waals surface area contributed by atoms with Crippen LogP contribution in [-0.4, -0.2) is 44.3 Å². The summed E-state index contributed by atoms with van der Waals surface area (Å²) in [6.45, 7) is 7.13. The highest BCUT2D eigenvalue weighted by atomic mass is 32.1. The summed E-state index contributed by atoms with van der Waals surface area (Å²) in [5, 5.41) is 3.08. The highest BCUT2D eigenvalue weighted by Crippen LogP contribution is 2.55. The van der Waals surface area contributed by atoms with E-state index >= 15 is 0 Å². The van der Waals surface area contributed by atoms with Crippen LogP contribution in [0.1, 0.15) is 40.7 Å². The van der Waals surface area contributed by atoms with Crippen molar-refractivity contribution in [2.45, 2.75) is 32.2 Å². The van der Waals surface area contributed by atoms with Crippen molar-refractivity contribution in [2.24, 2.45) is 5.41 Å². The average molecular weight is 498 g/mol. The Kier molecular flexibility index (Phi) is 5.48. The molecule has 1 aliphatic heterocycles. The molecule has 2 fully saturated rings. The van der Waals surface area contributed by atoms with Gasteiger partial charge in [-0.25, -0.2) is 4.98 Å². The maximum atomic E-state index is 13.2. The van der Waals surface area contributed by atoms with Crippen LogP contribution < -0.4 is 5.32 Å². The Bertz CT molecular complexity index is 1480. The van der Waals surface area contributed by atoms with Gasteiger partial charge in [-0.15, -0.1) is 11.3 Å². The number of anilines is 1. The van der Waals surface area contributed by atoms with Crippen LogP contribution in [0.4, 0.5) is 5.95 Å². The van der Waals surface area contributed by atoms with Gasteiger partial charge in [0.25, 0.3) is 5.91 Å². The molecule has 2 aliphatic rings. The van der Waals surface area contributed by atoms with Crippen LogP contribution in [0.25, 0.3) is 21.5 Å². The maximum absolute atomic E-state index is 13.2. The maximum Gasteiger partial charge on any atom is 0.268 e. The van der Waals surface area contributed by atoms with Crippen molar-refractivity contribution in [3.05, 3.63) is 78.0 Å². The number of carbonyl (C=O) groups excluding carboxylic acids is 2. The Morgan fingerprint density at radius 1 is 1.17 bits per heavy atom. The second kappa shape index (κ2) is 8.71. The lowest BCUT2D eigenvalue weighted by molar-refractivity contribution is -0.125. The number of para-hydroxylation sites is 2. The third-order valence-electron chi connectivity index (χ3n) is 7.47. The van der Waals surface area contributed by atoms with Crippen molar-refractivity contribution in [3.8, 4) is 10.4 Å². The summed E-state index contributed by atoms with van der Waals surface area (Å²) in [6.07, 6.45) is 6.16. The Balaban J connectivity index is 1.24. The first kappa shape index (κ1) is 22.7. The van der Waals surface area contributed by atoms with Gasteiger partial charge in [0.05, 0.1) is 15.9 Å². The van der Waals surface area contributed by atoms with E-state index in [1.54, 1.807) is 0 Å². The Hall–Kier alpha value is -3.78. The van der Waals surface area contributed by atoms with Crippen LogP contribution in [0.5, 0.6) is 0 Å². The largest absolute Gasteiger partial charge is 0.339 e. The van der Waals surface area contributed by atoms with E-state index < -0.39 is 0 Å². The Morgan fingerprint density at radius 3 is 2.78 bits per heavy atom. The molecule has 4 aromatic rings. The monoisotopic (exact) mass is 497 g/mol. The number of pyridine rings is 1. The fraction of sp³-hybridized carbons (Fsp3) is 0.286. The topological polar surface area (TPSA) is 80.1 Å². The number of nitrogens with zero attached hydrogens (tertiary/aromatic N) is 4. The average Bonchev–Trinajstić information content (AvgIpc) is 3.60. The zero-order chi connectivity index (χ0) is 24.9. The van der Waals surface area contributed by atoms with Gasteiger partial charge < -0.3 is 9.47 Å². The summed E-state index contributed by atoms with van der Waals surface area (Å²) >= 11 is 1.45. The molecule has 6 rings (SSSR count). The third kappa shape index (κ3) is 3.91. The molecule has 7 nitrogen and oxygen atoms in total. The lowest BCUT2D eigenvalue weighted by Crippen LogP contribution is -2.42. The van der Waals surface area contributed by atoms with Crippen LogP contribution in [0.2, 0.25) is 0 Å². The predicted molar refractivity (Wildman–Crippen MR) is 142 cm³/mol. The van der Waals surface area contributed by atoms with Crippen molar-refractivity contribution in [1.29, 1.82) is 0 Å². The van der Waals surface area contributed by atoms with Gasteiger partial charge in [-0.05, 0) is 68.0 Å². The molecule has 4 heterocycles. The first-order chi connectivity index (χ1) is 17.4. The van der Waals surface area contributed by atoms with E-state index in [-0.39, 0.29) is 23.3 Å². The van der Waals surface area contributed by atoms with Crippen molar-refractivity contribution in [2.75, 3.05) is 18.4 Å². The SMILES string of the molecule is C=CC(=O)N1CCC2(CC(n3c(NC(=O)c4ccc(-c5ccc(C)nc5)s4)nc4ccccc43)C2)C1. The second-order valence-electron chi connectivity index (χ2n) is 9.88. The minimum absolute atomic E-state index is 0.00749. The molecule has 3 aromatic heterocycles. The molecule has 8 heteroatoms. The Morgan fingerprint density at radius 2 is 2.00 bits per heavy atom. The number of aromatic nitrogens is 3. The van der Waals surface area contributed by atoms with Gasteiger partial charge in [-0.3, -0.25) is 19.9 Å². The number of thiophene rings is 1. The summed E-state index contributed by atoms with van der Waals surface area (Å²) in [4.78, 5) is 38.0. The van der Waals surface area contributed by atoms with Crippen molar-refractivity contribution >= 4 is 40.1 Å². The molecule has 1 spiro atoms. The molecule has 36 heavy (non-hydrogen) atoms. The molecular weight excluding hydrogens is 470 g/mol. The standard InChI is InChI=1S/C28H27N5O2S/c1-3-25(34)32-13-12-28(17-32)14-20(15-28)33-22-7-5-4-6-21(22)30-27(33)31-26(35)24-11-10-23(36-24)19-9-8-18(2)29-16-19/h3-11,16,20H,1,12-15,17H2,2H3,(H,30,31,35). The predicted octanol–water partition coefficient (Wildman–Crippen LogP) is 5.46. The van der Waals surface area contributed by atoms with Gasteiger partial charge in [0.2, 0.25) is 11.9 Å². The number of nitrogens with one attached hydrogen (secondary N) is 1. The quantitative estimate of drug-likeness (QED) is 0.371. The van der Waals surface area contributed by atoms with E-state index in [9.17, 15) is 9.59 Å². The number of imidazole rings is 1. The lowest BCUT2D eigenvalue weighted by atomic mass is 9.65. The van der Waals surface area contributed by atoms with Gasteiger partial charge in [0.15, 0.2) is 0 Å². The number of benzene rings is 1. The first-order valence-corrected chi connectivity index (χ1v) is 13.0.